The van der Waals surface area contributed by atoms with Gasteiger partial charge in [-0.3, -0.25) is 0 Å². The van der Waals surface area contributed by atoms with Gasteiger partial charge in [0.1, 0.15) is 5.82 Å². The van der Waals surface area contributed by atoms with E-state index < -0.39 is 5.82 Å². The molecule has 0 spiro atoms. The van der Waals surface area contributed by atoms with Gasteiger partial charge in [0.15, 0.2) is 5.82 Å². The van der Waals surface area contributed by atoms with Crippen molar-refractivity contribution in [1.82, 2.24) is 10.1 Å². The van der Waals surface area contributed by atoms with Gasteiger partial charge in [-0.1, -0.05) is 18.5 Å². The van der Waals surface area contributed by atoms with Crippen LogP contribution in [0.4, 0.5) is 10.1 Å². The van der Waals surface area contributed by atoms with Crippen LogP contribution < -0.4 is 5.73 Å². The maximum absolute atomic E-state index is 13.3. The number of nitrogen functional groups attached to an aromatic ring is 1. The lowest BCUT2D eigenvalue weighted by molar-refractivity contribution is 0.384. The third-order valence-electron chi connectivity index (χ3n) is 2.60. The molecular formula is C13H16FN3OS. The molecule has 2 aromatic rings. The minimum absolute atomic E-state index is 0.156. The van der Waals surface area contributed by atoms with E-state index in [0.717, 1.165) is 30.0 Å². The number of hydrogen-bond acceptors (Lipinski definition) is 5. The quantitative estimate of drug-likeness (QED) is 0.649. The number of nitrogens with zero attached hydrogens (tertiary/aromatic N) is 2. The maximum Gasteiger partial charge on any atom is 0.237 e. The van der Waals surface area contributed by atoms with Crippen LogP contribution in [0.5, 0.6) is 0 Å². The highest BCUT2D eigenvalue weighted by Crippen LogP contribution is 2.24. The lowest BCUT2D eigenvalue weighted by Gasteiger charge is -2.00. The van der Waals surface area contributed by atoms with Crippen LogP contribution in [0.1, 0.15) is 31.5 Å². The molecule has 0 aliphatic rings. The van der Waals surface area contributed by atoms with Crippen molar-refractivity contribution in [3.63, 3.8) is 0 Å². The second kappa shape index (κ2) is 6.56. The minimum Gasteiger partial charge on any atom is -0.396 e. The number of rotatable bonds is 6. The first-order chi connectivity index (χ1) is 9.19. The number of nitrogens with two attached hydrogens (primary N) is 1. The summed E-state index contributed by atoms with van der Waals surface area (Å²) in [6.07, 6.45) is 2.99. The minimum atomic E-state index is -0.404. The number of unbranched alkanes of at least 4 members (excludes halogenated alkanes) is 1. The molecule has 0 amide bonds. The summed E-state index contributed by atoms with van der Waals surface area (Å²) < 4.78 is 18.4. The zero-order valence-corrected chi connectivity index (χ0v) is 11.5. The molecule has 1 heterocycles. The number of aromatic nitrogens is 2. The Morgan fingerprint density at radius 1 is 1.42 bits per heavy atom. The number of benzene rings is 1. The summed E-state index contributed by atoms with van der Waals surface area (Å²) >= 11 is 1.44. The van der Waals surface area contributed by atoms with Crippen LogP contribution in [-0.2, 0) is 12.2 Å². The first-order valence-corrected chi connectivity index (χ1v) is 7.17. The molecule has 0 aliphatic carbocycles. The van der Waals surface area contributed by atoms with E-state index in [2.05, 4.69) is 17.1 Å². The smallest absolute Gasteiger partial charge is 0.237 e. The topological polar surface area (TPSA) is 64.9 Å². The monoisotopic (exact) mass is 281 g/mol. The molecule has 0 atom stereocenters. The van der Waals surface area contributed by atoms with E-state index >= 15 is 0 Å². The summed E-state index contributed by atoms with van der Waals surface area (Å²) in [7, 11) is 0. The van der Waals surface area contributed by atoms with Crippen molar-refractivity contribution in [3.8, 4) is 0 Å². The number of aryl methyl sites for hydroxylation is 1. The van der Waals surface area contributed by atoms with Gasteiger partial charge in [-0.2, -0.15) is 4.98 Å². The molecule has 0 fully saturated rings. The van der Waals surface area contributed by atoms with Gasteiger partial charge in [-0.05, 0) is 24.6 Å². The van der Waals surface area contributed by atoms with Crippen molar-refractivity contribution in [1.29, 1.82) is 0 Å². The van der Waals surface area contributed by atoms with E-state index in [4.69, 9.17) is 10.3 Å². The number of thioether (sulfide) groups is 1. The summed E-state index contributed by atoms with van der Waals surface area (Å²) in [5.41, 5.74) is 5.58. The molecule has 4 nitrogen and oxygen atoms in total. The Kier molecular flexibility index (Phi) is 4.79. The molecule has 0 bridgehead atoms. The van der Waals surface area contributed by atoms with Crippen molar-refractivity contribution in [2.24, 2.45) is 0 Å². The van der Waals surface area contributed by atoms with E-state index in [1.165, 1.54) is 17.8 Å². The van der Waals surface area contributed by atoms with Crippen LogP contribution in [0.2, 0.25) is 0 Å². The average Bonchev–Trinajstić information content (AvgIpc) is 2.86. The Morgan fingerprint density at radius 3 is 3.00 bits per heavy atom. The first-order valence-electron chi connectivity index (χ1n) is 6.18. The molecule has 1 aromatic heterocycles. The second-order valence-corrected chi connectivity index (χ2v) is 5.23. The number of hydrogen-bond donors (Lipinski definition) is 1. The normalized spacial score (nSPS) is 10.8. The number of anilines is 1. The Balaban J connectivity index is 1.91. The zero-order chi connectivity index (χ0) is 13.7. The molecule has 6 heteroatoms. The van der Waals surface area contributed by atoms with Crippen molar-refractivity contribution in [3.05, 3.63) is 35.7 Å². The van der Waals surface area contributed by atoms with E-state index in [1.54, 1.807) is 12.1 Å². The van der Waals surface area contributed by atoms with Gasteiger partial charge in [0.05, 0.1) is 11.4 Å². The van der Waals surface area contributed by atoms with E-state index in [1.807, 2.05) is 0 Å². The standard InChI is InChI=1S/C13H16FN3OS/c1-2-3-4-12-16-13(18-17-12)8-19-9-5-6-11(15)10(14)7-9/h5-7H,2-4,8,15H2,1H3. The van der Waals surface area contributed by atoms with Crippen LogP contribution in [0.3, 0.4) is 0 Å². The molecule has 0 aliphatic heterocycles. The van der Waals surface area contributed by atoms with Gasteiger partial charge in [0.25, 0.3) is 0 Å². The lowest BCUT2D eigenvalue weighted by atomic mass is 10.2. The van der Waals surface area contributed by atoms with Crippen molar-refractivity contribution >= 4 is 17.4 Å². The summed E-state index contributed by atoms with van der Waals surface area (Å²) in [5.74, 6) is 1.43. The molecular weight excluding hydrogens is 265 g/mol. The Bertz CT molecular complexity index is 544. The predicted molar refractivity (Wildman–Crippen MR) is 73.3 cm³/mol. The second-order valence-electron chi connectivity index (χ2n) is 4.18. The fraction of sp³-hybridized carbons (Fsp3) is 0.385. The van der Waals surface area contributed by atoms with Crippen molar-refractivity contribution in [2.75, 3.05) is 5.73 Å². The third-order valence-corrected chi connectivity index (χ3v) is 3.58. The molecule has 2 N–H and O–H groups in total. The average molecular weight is 281 g/mol. The fourth-order valence-electron chi connectivity index (χ4n) is 1.53. The molecule has 1 aromatic carbocycles. The van der Waals surface area contributed by atoms with Gasteiger partial charge in [0.2, 0.25) is 5.89 Å². The van der Waals surface area contributed by atoms with E-state index in [9.17, 15) is 4.39 Å². The maximum atomic E-state index is 13.3. The van der Waals surface area contributed by atoms with Gasteiger partial charge in [-0.25, -0.2) is 4.39 Å². The summed E-state index contributed by atoms with van der Waals surface area (Å²) in [5, 5.41) is 3.90. The van der Waals surface area contributed by atoms with E-state index in [0.29, 0.717) is 11.6 Å². The third kappa shape index (κ3) is 3.96. The summed E-state index contributed by atoms with van der Waals surface area (Å²) in [6, 6.07) is 4.74. The van der Waals surface area contributed by atoms with Crippen molar-refractivity contribution in [2.45, 2.75) is 36.8 Å². The van der Waals surface area contributed by atoms with Crippen LogP contribution in [0.25, 0.3) is 0 Å². The molecule has 0 radical (unpaired) electrons. The van der Waals surface area contributed by atoms with Gasteiger partial charge in [-0.15, -0.1) is 11.8 Å². The molecule has 0 unspecified atom stereocenters. The molecule has 2 rings (SSSR count). The fourth-order valence-corrected chi connectivity index (χ4v) is 2.29. The molecule has 102 valence electrons. The van der Waals surface area contributed by atoms with Crippen molar-refractivity contribution < 1.29 is 8.91 Å². The van der Waals surface area contributed by atoms with E-state index in [-0.39, 0.29) is 5.69 Å². The highest BCUT2D eigenvalue weighted by Gasteiger charge is 2.07. The Morgan fingerprint density at radius 2 is 2.26 bits per heavy atom. The van der Waals surface area contributed by atoms with Crippen LogP contribution in [0, 0.1) is 5.82 Å². The zero-order valence-electron chi connectivity index (χ0n) is 10.7. The SMILES string of the molecule is CCCCc1noc(CSc2ccc(N)c(F)c2)n1. The highest BCUT2D eigenvalue weighted by molar-refractivity contribution is 7.98. The summed E-state index contributed by atoms with van der Waals surface area (Å²) in [4.78, 5) is 5.08. The Labute approximate surface area is 115 Å². The van der Waals surface area contributed by atoms with Crippen LogP contribution >= 0.6 is 11.8 Å². The largest absolute Gasteiger partial charge is 0.396 e. The molecule has 0 saturated carbocycles. The number of halogens is 1. The first kappa shape index (κ1) is 13.9. The van der Waals surface area contributed by atoms with Gasteiger partial charge in [0, 0.05) is 11.3 Å². The molecule has 19 heavy (non-hydrogen) atoms. The highest BCUT2D eigenvalue weighted by atomic mass is 32.2. The lowest BCUT2D eigenvalue weighted by Crippen LogP contribution is -1.90. The predicted octanol–water partition coefficient (Wildman–Crippen LogP) is 3.43. The van der Waals surface area contributed by atoms with Gasteiger partial charge < -0.3 is 10.3 Å². The van der Waals surface area contributed by atoms with Crippen LogP contribution in [0.15, 0.2) is 27.6 Å². The Hall–Kier alpha value is -1.56. The molecule has 0 saturated heterocycles. The van der Waals surface area contributed by atoms with Crippen LogP contribution in [-0.4, -0.2) is 10.1 Å². The van der Waals surface area contributed by atoms with Gasteiger partial charge >= 0.3 is 0 Å². The summed E-state index contributed by atoms with van der Waals surface area (Å²) in [6.45, 7) is 2.12.